The number of methoxy groups -OCH3 is 2. The van der Waals surface area contributed by atoms with E-state index in [0.717, 1.165) is 20.5 Å². The molecule has 0 spiro atoms. The molecule has 1 heterocycles. The van der Waals surface area contributed by atoms with Crippen LogP contribution in [0.2, 0.25) is 0 Å². The fourth-order valence-electron chi connectivity index (χ4n) is 2.55. The van der Waals surface area contributed by atoms with Crippen LogP contribution in [-0.4, -0.2) is 35.8 Å². The van der Waals surface area contributed by atoms with Crippen LogP contribution >= 0.6 is 23.5 Å². The maximum absolute atomic E-state index is 12.4. The standard InChI is InChI=1S/C22H23N3O3S2/c1-15-4-6-19(7-5-15)30-22-21(23-8-9-24-22)29-14-20(26)25-13-16-10-17(27-2)12-18(11-16)28-3/h4-12H,13-14H2,1-3H3,(H,25,26). The topological polar surface area (TPSA) is 73.3 Å². The van der Waals surface area contributed by atoms with Gasteiger partial charge in [-0.25, -0.2) is 9.97 Å². The molecule has 0 unspecified atom stereocenters. The van der Waals surface area contributed by atoms with E-state index in [1.165, 1.54) is 29.1 Å². The van der Waals surface area contributed by atoms with Crippen LogP contribution in [0.4, 0.5) is 0 Å². The maximum atomic E-state index is 12.4. The Balaban J connectivity index is 1.57. The van der Waals surface area contributed by atoms with E-state index in [-0.39, 0.29) is 11.7 Å². The lowest BCUT2D eigenvalue weighted by Gasteiger charge is -2.10. The lowest BCUT2D eigenvalue weighted by molar-refractivity contribution is -0.118. The van der Waals surface area contributed by atoms with Crippen LogP contribution in [0.25, 0.3) is 0 Å². The monoisotopic (exact) mass is 441 g/mol. The van der Waals surface area contributed by atoms with Crippen LogP contribution in [0.5, 0.6) is 11.5 Å². The van der Waals surface area contributed by atoms with Crippen molar-refractivity contribution < 1.29 is 14.3 Å². The Hall–Kier alpha value is -2.71. The number of ether oxygens (including phenoxy) is 2. The minimum atomic E-state index is -0.0845. The van der Waals surface area contributed by atoms with Gasteiger partial charge in [-0.2, -0.15) is 0 Å². The zero-order chi connectivity index (χ0) is 21.3. The van der Waals surface area contributed by atoms with E-state index in [0.29, 0.717) is 18.0 Å². The molecule has 0 bridgehead atoms. The van der Waals surface area contributed by atoms with E-state index < -0.39 is 0 Å². The summed E-state index contributed by atoms with van der Waals surface area (Å²) in [6, 6.07) is 13.8. The molecule has 0 aliphatic heterocycles. The van der Waals surface area contributed by atoms with Crippen molar-refractivity contribution in [3.63, 3.8) is 0 Å². The summed E-state index contributed by atoms with van der Waals surface area (Å²) >= 11 is 2.91. The Morgan fingerprint density at radius 1 is 0.967 bits per heavy atom. The summed E-state index contributed by atoms with van der Waals surface area (Å²) in [4.78, 5) is 22.3. The second-order valence-electron chi connectivity index (χ2n) is 6.37. The third-order valence-corrected chi connectivity index (χ3v) is 6.22. The first-order valence-corrected chi connectivity index (χ1v) is 11.0. The normalized spacial score (nSPS) is 10.5. The molecule has 1 aromatic heterocycles. The first kappa shape index (κ1) is 22.0. The summed E-state index contributed by atoms with van der Waals surface area (Å²) in [6.45, 7) is 2.44. The average molecular weight is 442 g/mol. The van der Waals surface area contributed by atoms with Gasteiger partial charge in [0.25, 0.3) is 0 Å². The molecule has 0 aliphatic carbocycles. The molecule has 6 nitrogen and oxygen atoms in total. The van der Waals surface area contributed by atoms with Gasteiger partial charge in [-0.05, 0) is 36.8 Å². The van der Waals surface area contributed by atoms with Crippen molar-refractivity contribution in [2.75, 3.05) is 20.0 Å². The average Bonchev–Trinajstić information content (AvgIpc) is 2.78. The summed E-state index contributed by atoms with van der Waals surface area (Å²) in [7, 11) is 3.20. The zero-order valence-corrected chi connectivity index (χ0v) is 18.7. The highest BCUT2D eigenvalue weighted by Crippen LogP contribution is 2.32. The summed E-state index contributed by atoms with van der Waals surface area (Å²) in [5, 5.41) is 4.45. The van der Waals surface area contributed by atoms with Gasteiger partial charge in [0.2, 0.25) is 5.91 Å². The smallest absolute Gasteiger partial charge is 0.230 e. The number of hydrogen-bond acceptors (Lipinski definition) is 7. The lowest BCUT2D eigenvalue weighted by Crippen LogP contribution is -2.24. The van der Waals surface area contributed by atoms with Gasteiger partial charge in [0.15, 0.2) is 0 Å². The largest absolute Gasteiger partial charge is 0.497 e. The lowest BCUT2D eigenvalue weighted by atomic mass is 10.2. The van der Waals surface area contributed by atoms with E-state index in [4.69, 9.17) is 9.47 Å². The molecular formula is C22H23N3O3S2. The quantitative estimate of drug-likeness (QED) is 0.495. The SMILES string of the molecule is COc1cc(CNC(=O)CSc2nccnc2Sc2ccc(C)cc2)cc(OC)c1. The van der Waals surface area contributed by atoms with Crippen LogP contribution in [0.3, 0.4) is 0 Å². The number of nitrogens with one attached hydrogen (secondary N) is 1. The summed E-state index contributed by atoms with van der Waals surface area (Å²) in [6.07, 6.45) is 3.30. The number of carbonyl (C=O) groups excluding carboxylic acids is 1. The Kier molecular flexibility index (Phi) is 7.98. The summed E-state index contributed by atoms with van der Waals surface area (Å²) in [5.74, 6) is 1.54. The second-order valence-corrected chi connectivity index (χ2v) is 8.39. The van der Waals surface area contributed by atoms with Crippen LogP contribution < -0.4 is 14.8 Å². The van der Waals surface area contributed by atoms with Gasteiger partial charge in [0.1, 0.15) is 21.6 Å². The molecule has 3 aromatic rings. The molecular weight excluding hydrogens is 418 g/mol. The Morgan fingerprint density at radius 2 is 1.60 bits per heavy atom. The highest BCUT2D eigenvalue weighted by atomic mass is 32.2. The van der Waals surface area contributed by atoms with Crippen molar-refractivity contribution in [1.82, 2.24) is 15.3 Å². The van der Waals surface area contributed by atoms with Crippen LogP contribution in [0.15, 0.2) is 69.8 Å². The van der Waals surface area contributed by atoms with E-state index in [1.807, 2.05) is 12.1 Å². The molecule has 0 saturated heterocycles. The molecule has 156 valence electrons. The van der Waals surface area contributed by atoms with Crippen molar-refractivity contribution in [2.24, 2.45) is 0 Å². The Bertz CT molecular complexity index is 975. The van der Waals surface area contributed by atoms with E-state index >= 15 is 0 Å². The molecule has 0 aliphatic rings. The highest BCUT2D eigenvalue weighted by molar-refractivity contribution is 8.02. The molecule has 2 aromatic carbocycles. The third-order valence-electron chi connectivity index (χ3n) is 4.11. The van der Waals surface area contributed by atoms with Gasteiger partial charge >= 0.3 is 0 Å². The number of hydrogen-bond donors (Lipinski definition) is 1. The molecule has 0 fully saturated rings. The summed E-state index contributed by atoms with van der Waals surface area (Å²) < 4.78 is 10.5. The van der Waals surface area contributed by atoms with Gasteiger partial charge in [-0.1, -0.05) is 41.2 Å². The number of rotatable bonds is 9. The number of thioether (sulfide) groups is 1. The van der Waals surface area contributed by atoms with Gasteiger partial charge in [0, 0.05) is 29.9 Å². The van der Waals surface area contributed by atoms with Gasteiger partial charge in [0.05, 0.1) is 20.0 Å². The molecule has 0 radical (unpaired) electrons. The molecule has 0 saturated carbocycles. The Morgan fingerprint density at radius 3 is 2.23 bits per heavy atom. The second kappa shape index (κ2) is 10.9. The fraction of sp³-hybridized carbons (Fsp3) is 0.227. The molecule has 1 N–H and O–H groups in total. The number of nitrogens with zero attached hydrogens (tertiary/aromatic N) is 2. The zero-order valence-electron chi connectivity index (χ0n) is 17.0. The van der Waals surface area contributed by atoms with Crippen molar-refractivity contribution in [3.8, 4) is 11.5 Å². The van der Waals surface area contributed by atoms with E-state index in [9.17, 15) is 4.79 Å². The van der Waals surface area contributed by atoms with Gasteiger partial charge in [-0.15, -0.1) is 0 Å². The number of amides is 1. The van der Waals surface area contributed by atoms with Crippen molar-refractivity contribution in [2.45, 2.75) is 28.4 Å². The molecule has 1 amide bonds. The minimum Gasteiger partial charge on any atom is -0.497 e. The minimum absolute atomic E-state index is 0.0845. The highest BCUT2D eigenvalue weighted by Gasteiger charge is 2.11. The van der Waals surface area contributed by atoms with Crippen LogP contribution in [0, 0.1) is 6.92 Å². The summed E-state index contributed by atoms with van der Waals surface area (Å²) in [5.41, 5.74) is 2.11. The predicted molar refractivity (Wildman–Crippen MR) is 119 cm³/mol. The van der Waals surface area contributed by atoms with E-state index in [2.05, 4.69) is 46.5 Å². The third kappa shape index (κ3) is 6.40. The molecule has 8 heteroatoms. The number of carbonyl (C=O) groups is 1. The van der Waals surface area contributed by atoms with Crippen molar-refractivity contribution in [3.05, 3.63) is 66.0 Å². The predicted octanol–water partition coefficient (Wildman–Crippen LogP) is 4.36. The molecule has 3 rings (SSSR count). The number of aromatic nitrogens is 2. The fourth-order valence-corrected chi connectivity index (χ4v) is 4.29. The number of benzene rings is 2. The van der Waals surface area contributed by atoms with Crippen LogP contribution in [0.1, 0.15) is 11.1 Å². The molecule has 0 atom stereocenters. The van der Waals surface area contributed by atoms with Gasteiger partial charge < -0.3 is 14.8 Å². The maximum Gasteiger partial charge on any atom is 0.230 e. The number of aryl methyl sites for hydroxylation is 1. The van der Waals surface area contributed by atoms with Gasteiger partial charge in [-0.3, -0.25) is 4.79 Å². The van der Waals surface area contributed by atoms with E-state index in [1.54, 1.807) is 32.7 Å². The van der Waals surface area contributed by atoms with Crippen LogP contribution in [-0.2, 0) is 11.3 Å². The first-order chi connectivity index (χ1) is 14.6. The molecule has 30 heavy (non-hydrogen) atoms. The van der Waals surface area contributed by atoms with Crippen molar-refractivity contribution in [1.29, 1.82) is 0 Å². The Labute approximate surface area is 184 Å². The first-order valence-electron chi connectivity index (χ1n) is 9.24. The van der Waals surface area contributed by atoms with Crippen molar-refractivity contribution >= 4 is 29.4 Å².